The molecule has 4 nitrogen and oxygen atoms in total. The molecule has 2 N–H and O–H groups in total. The molecule has 0 aliphatic rings. The molecular formula is C11H17BrN2O2S. The first kappa shape index (κ1) is 14.5. The Morgan fingerprint density at radius 3 is 2.71 bits per heavy atom. The highest BCUT2D eigenvalue weighted by Crippen LogP contribution is 2.24. The monoisotopic (exact) mass is 320 g/mol. The Bertz CT molecular complexity index is 474. The zero-order valence-corrected chi connectivity index (χ0v) is 12.4. The van der Waals surface area contributed by atoms with E-state index in [1.165, 1.54) is 0 Å². The Labute approximate surface area is 111 Å². The van der Waals surface area contributed by atoms with Gasteiger partial charge in [-0.2, -0.15) is 0 Å². The number of anilines is 1. The van der Waals surface area contributed by atoms with Crippen LogP contribution in [-0.2, 0) is 10.0 Å². The van der Waals surface area contributed by atoms with E-state index in [0.29, 0.717) is 12.2 Å². The summed E-state index contributed by atoms with van der Waals surface area (Å²) in [6.45, 7) is 5.04. The number of sulfonamides is 1. The third-order valence-electron chi connectivity index (χ3n) is 2.33. The Kier molecular flexibility index (Phi) is 5.42. The molecule has 0 unspecified atom stereocenters. The highest BCUT2D eigenvalue weighted by molar-refractivity contribution is 9.10. The van der Waals surface area contributed by atoms with Gasteiger partial charge in [0.2, 0.25) is 10.0 Å². The summed E-state index contributed by atoms with van der Waals surface area (Å²) in [5.41, 5.74) is 1.51. The lowest BCUT2D eigenvalue weighted by atomic mass is 10.2. The molecule has 0 amide bonds. The maximum atomic E-state index is 11.8. The van der Waals surface area contributed by atoms with Crippen molar-refractivity contribution in [2.24, 2.45) is 0 Å². The van der Waals surface area contributed by atoms with E-state index in [1.54, 1.807) is 12.1 Å². The molecule has 96 valence electrons. The van der Waals surface area contributed by atoms with Gasteiger partial charge in [0.25, 0.3) is 0 Å². The van der Waals surface area contributed by atoms with Crippen LogP contribution >= 0.6 is 15.9 Å². The molecule has 0 atom stereocenters. The smallest absolute Gasteiger partial charge is 0.233 e. The van der Waals surface area contributed by atoms with Crippen molar-refractivity contribution in [1.29, 1.82) is 0 Å². The zero-order valence-electron chi connectivity index (χ0n) is 9.96. The molecule has 6 heteroatoms. The summed E-state index contributed by atoms with van der Waals surface area (Å²) >= 11 is 3.37. The van der Waals surface area contributed by atoms with E-state index in [0.717, 1.165) is 16.6 Å². The van der Waals surface area contributed by atoms with Crippen molar-refractivity contribution in [2.45, 2.75) is 13.8 Å². The Hall–Kier alpha value is -0.590. The fraction of sp³-hybridized carbons (Fsp3) is 0.455. The average Bonchev–Trinajstić information content (AvgIpc) is 2.25. The molecule has 0 saturated carbocycles. The van der Waals surface area contributed by atoms with Crippen LogP contribution in [0.5, 0.6) is 0 Å². The maximum Gasteiger partial charge on any atom is 0.233 e. The van der Waals surface area contributed by atoms with E-state index in [2.05, 4.69) is 26.0 Å². The lowest BCUT2D eigenvalue weighted by Gasteiger charge is -2.11. The predicted molar refractivity (Wildman–Crippen MR) is 74.8 cm³/mol. The summed E-state index contributed by atoms with van der Waals surface area (Å²) in [6, 6.07) is 5.44. The minimum Gasteiger partial charge on any atom is -0.316 e. The van der Waals surface area contributed by atoms with Crippen LogP contribution in [0.15, 0.2) is 22.7 Å². The Morgan fingerprint density at radius 2 is 2.06 bits per heavy atom. The van der Waals surface area contributed by atoms with Gasteiger partial charge in [0, 0.05) is 11.0 Å². The van der Waals surface area contributed by atoms with Crippen molar-refractivity contribution in [3.8, 4) is 0 Å². The molecule has 17 heavy (non-hydrogen) atoms. The molecule has 1 aromatic rings. The molecule has 0 aromatic heterocycles. The summed E-state index contributed by atoms with van der Waals surface area (Å²) in [5.74, 6) is 0.0762. The summed E-state index contributed by atoms with van der Waals surface area (Å²) in [7, 11) is -3.28. The lowest BCUT2D eigenvalue weighted by molar-refractivity contribution is 0.597. The van der Waals surface area contributed by atoms with Crippen molar-refractivity contribution >= 4 is 31.6 Å². The van der Waals surface area contributed by atoms with Crippen molar-refractivity contribution < 1.29 is 8.42 Å². The van der Waals surface area contributed by atoms with Crippen LogP contribution in [0.4, 0.5) is 5.69 Å². The van der Waals surface area contributed by atoms with E-state index in [1.807, 2.05) is 19.9 Å². The second kappa shape index (κ2) is 6.37. The highest BCUT2D eigenvalue weighted by Gasteiger charge is 2.11. The number of benzene rings is 1. The number of hydrogen-bond acceptors (Lipinski definition) is 3. The van der Waals surface area contributed by atoms with Gasteiger partial charge in [0.1, 0.15) is 0 Å². The third-order valence-corrected chi connectivity index (χ3v) is 4.46. The van der Waals surface area contributed by atoms with Crippen LogP contribution in [0.2, 0.25) is 0 Å². The van der Waals surface area contributed by atoms with Gasteiger partial charge in [0.15, 0.2) is 0 Å². The topological polar surface area (TPSA) is 58.2 Å². The zero-order chi connectivity index (χ0) is 12.9. The first-order valence-electron chi connectivity index (χ1n) is 5.42. The molecule has 0 saturated heterocycles. The van der Waals surface area contributed by atoms with Crippen molar-refractivity contribution in [1.82, 2.24) is 5.32 Å². The molecular weight excluding hydrogens is 304 g/mol. The van der Waals surface area contributed by atoms with Gasteiger partial charge < -0.3 is 5.32 Å². The fourth-order valence-corrected chi connectivity index (χ4v) is 2.76. The van der Waals surface area contributed by atoms with E-state index in [4.69, 9.17) is 0 Å². The van der Waals surface area contributed by atoms with Crippen LogP contribution in [-0.4, -0.2) is 27.3 Å². The van der Waals surface area contributed by atoms with E-state index >= 15 is 0 Å². The van der Waals surface area contributed by atoms with Crippen molar-refractivity contribution in [3.63, 3.8) is 0 Å². The minimum absolute atomic E-state index is 0.0762. The highest BCUT2D eigenvalue weighted by atomic mass is 79.9. The van der Waals surface area contributed by atoms with Gasteiger partial charge in [-0.05, 0) is 31.2 Å². The second-order valence-corrected chi connectivity index (χ2v) is 6.38. The van der Waals surface area contributed by atoms with Crippen LogP contribution in [0, 0.1) is 6.92 Å². The Morgan fingerprint density at radius 1 is 1.35 bits per heavy atom. The summed E-state index contributed by atoms with van der Waals surface area (Å²) in [5, 5.41) is 2.99. The molecule has 0 aliphatic heterocycles. The molecule has 0 spiro atoms. The SMILES string of the molecule is CCNCCS(=O)(=O)Nc1cccc(Br)c1C. The van der Waals surface area contributed by atoms with Crippen LogP contribution in [0.1, 0.15) is 12.5 Å². The number of nitrogens with one attached hydrogen (secondary N) is 2. The minimum atomic E-state index is -3.28. The molecule has 1 rings (SSSR count). The van der Waals surface area contributed by atoms with Gasteiger partial charge >= 0.3 is 0 Å². The van der Waals surface area contributed by atoms with Gasteiger partial charge in [0.05, 0.1) is 11.4 Å². The second-order valence-electron chi connectivity index (χ2n) is 3.69. The molecule has 0 radical (unpaired) electrons. The van der Waals surface area contributed by atoms with Crippen LogP contribution < -0.4 is 10.0 Å². The van der Waals surface area contributed by atoms with Crippen molar-refractivity contribution in [3.05, 3.63) is 28.2 Å². The first-order chi connectivity index (χ1) is 7.96. The van der Waals surface area contributed by atoms with E-state index < -0.39 is 10.0 Å². The van der Waals surface area contributed by atoms with Crippen molar-refractivity contribution in [2.75, 3.05) is 23.6 Å². The van der Waals surface area contributed by atoms with Gasteiger partial charge in [-0.1, -0.05) is 28.9 Å². The van der Waals surface area contributed by atoms with Crippen LogP contribution in [0.25, 0.3) is 0 Å². The summed E-state index contributed by atoms with van der Waals surface area (Å²) in [4.78, 5) is 0. The molecule has 0 heterocycles. The number of halogens is 1. The lowest BCUT2D eigenvalue weighted by Crippen LogP contribution is -2.26. The summed E-state index contributed by atoms with van der Waals surface area (Å²) in [6.07, 6.45) is 0. The molecule has 0 bridgehead atoms. The normalized spacial score (nSPS) is 11.5. The molecule has 1 aromatic carbocycles. The van der Waals surface area contributed by atoms with Gasteiger partial charge in [-0.15, -0.1) is 0 Å². The molecule has 0 aliphatic carbocycles. The molecule has 0 fully saturated rings. The largest absolute Gasteiger partial charge is 0.316 e. The third kappa shape index (κ3) is 4.65. The van der Waals surface area contributed by atoms with E-state index in [-0.39, 0.29) is 5.75 Å². The quantitative estimate of drug-likeness (QED) is 0.789. The number of rotatable bonds is 6. The van der Waals surface area contributed by atoms with Crippen LogP contribution in [0.3, 0.4) is 0 Å². The van der Waals surface area contributed by atoms with Gasteiger partial charge in [-0.3, -0.25) is 4.72 Å². The maximum absolute atomic E-state index is 11.8. The average molecular weight is 321 g/mol. The number of hydrogen-bond donors (Lipinski definition) is 2. The fourth-order valence-electron chi connectivity index (χ4n) is 1.32. The Balaban J connectivity index is 2.73. The summed E-state index contributed by atoms with van der Waals surface area (Å²) < 4.78 is 27.0. The van der Waals surface area contributed by atoms with E-state index in [9.17, 15) is 8.42 Å². The van der Waals surface area contributed by atoms with Gasteiger partial charge in [-0.25, -0.2) is 8.42 Å². The standard InChI is InChI=1S/C11H17BrN2O2S/c1-3-13-7-8-17(15,16)14-11-6-4-5-10(12)9(11)2/h4-6,13-14H,3,7-8H2,1-2H3. The predicted octanol–water partition coefficient (Wildman–Crippen LogP) is 2.11. The first-order valence-corrected chi connectivity index (χ1v) is 7.87.